The monoisotopic (exact) mass is 855 g/mol. The van der Waals surface area contributed by atoms with Crippen LogP contribution in [0.4, 0.5) is 17.6 Å². The number of nitrogens with one attached hydrogen (secondary N) is 6. The van der Waals surface area contributed by atoms with Crippen LogP contribution in [-0.2, 0) is 30.4 Å². The third-order valence-corrected chi connectivity index (χ3v) is 9.49. The molecule has 0 aliphatic heterocycles. The lowest BCUT2D eigenvalue weighted by molar-refractivity contribution is -0.139. The van der Waals surface area contributed by atoms with Crippen LogP contribution in [0.25, 0.3) is 0 Å². The lowest BCUT2D eigenvalue weighted by atomic mass is 10.00. The second-order valence-corrected chi connectivity index (χ2v) is 19.7. The average molecular weight is 855 g/mol. The summed E-state index contributed by atoms with van der Waals surface area (Å²) >= 11 is 0. The molecule has 3 unspecified atom stereocenters. The SMILES string of the molecule is CC(C)(C)NC(CC1CC1)C(=O)C(=O)NC1CC1.CC(C)(C)NC(CCC(F)F)C(=O)C(=O)NC1CC1.Cc1ccc(CCNC(=O)C(CCC(F)F)NC(C)(C)C)cc1. The minimum atomic E-state index is -2.47. The number of alkyl halides is 4. The molecule has 0 saturated heterocycles. The summed E-state index contributed by atoms with van der Waals surface area (Å²) in [6, 6.07) is 6.69. The molecule has 11 nitrogen and oxygen atoms in total. The molecule has 4 rings (SSSR count). The van der Waals surface area contributed by atoms with Gasteiger partial charge in [-0.1, -0.05) is 42.7 Å². The maximum atomic E-state index is 12.4. The van der Waals surface area contributed by atoms with Crippen molar-refractivity contribution in [3.05, 3.63) is 35.4 Å². The van der Waals surface area contributed by atoms with E-state index in [0.29, 0.717) is 12.5 Å². The first-order valence-corrected chi connectivity index (χ1v) is 21.6. The highest BCUT2D eigenvalue weighted by Gasteiger charge is 2.36. The van der Waals surface area contributed by atoms with Gasteiger partial charge in [-0.25, -0.2) is 17.6 Å². The quantitative estimate of drug-likeness (QED) is 0.0606. The molecule has 6 N–H and O–H groups in total. The van der Waals surface area contributed by atoms with Gasteiger partial charge in [0.05, 0.1) is 18.1 Å². The number of hydrogen-bond donors (Lipinski definition) is 6. The number of benzene rings is 1. The zero-order chi connectivity index (χ0) is 45.4. The number of Topliss-reactive ketones (excluding diaryl/α,β-unsaturated/α-hetero) is 2. The maximum absolute atomic E-state index is 12.4. The van der Waals surface area contributed by atoms with E-state index in [2.05, 4.69) is 31.9 Å². The predicted molar refractivity (Wildman–Crippen MR) is 228 cm³/mol. The lowest BCUT2D eigenvalue weighted by Crippen LogP contribution is -2.52. The average Bonchev–Trinajstić information content (AvgIpc) is 3.96. The van der Waals surface area contributed by atoms with Crippen LogP contribution in [0, 0.1) is 12.8 Å². The van der Waals surface area contributed by atoms with Gasteiger partial charge >= 0.3 is 0 Å². The van der Waals surface area contributed by atoms with Crippen LogP contribution in [0.3, 0.4) is 0 Å². The summed E-state index contributed by atoms with van der Waals surface area (Å²) in [5, 5.41) is 17.6. The Kier molecular flexibility index (Phi) is 21.3. The second-order valence-electron chi connectivity index (χ2n) is 19.7. The third-order valence-electron chi connectivity index (χ3n) is 9.49. The first-order chi connectivity index (χ1) is 27.7. The van der Waals surface area contributed by atoms with Crippen molar-refractivity contribution in [3.63, 3.8) is 0 Å². The fourth-order valence-corrected chi connectivity index (χ4v) is 6.10. The van der Waals surface area contributed by atoms with Crippen LogP contribution in [0.2, 0.25) is 0 Å². The molecule has 60 heavy (non-hydrogen) atoms. The highest BCUT2D eigenvalue weighted by Crippen LogP contribution is 2.34. The van der Waals surface area contributed by atoms with Gasteiger partial charge in [0.2, 0.25) is 30.3 Å². The maximum Gasteiger partial charge on any atom is 0.289 e. The number of rotatable bonds is 21. The highest BCUT2D eigenvalue weighted by molar-refractivity contribution is 6.38. The molecule has 15 heteroatoms. The fourth-order valence-electron chi connectivity index (χ4n) is 6.10. The Labute approximate surface area is 355 Å². The van der Waals surface area contributed by atoms with E-state index in [9.17, 15) is 41.5 Å². The Bertz CT molecular complexity index is 1510. The number of hydrogen-bond acceptors (Lipinski definition) is 8. The smallest absolute Gasteiger partial charge is 0.289 e. The normalized spacial score (nSPS) is 17.0. The van der Waals surface area contributed by atoms with Gasteiger partial charge in [0.15, 0.2) is 0 Å². The Morgan fingerprint density at radius 1 is 0.583 bits per heavy atom. The summed E-state index contributed by atoms with van der Waals surface area (Å²) in [6.07, 6.45) is 2.27. The molecule has 3 atom stereocenters. The van der Waals surface area contributed by atoms with Crippen molar-refractivity contribution in [2.45, 2.75) is 206 Å². The standard InChI is InChI=1S/C18H28F2N2O.C14H24N2O2.C13H22F2N2O2/c1-13-5-7-14(8-6-13)11-12-21-17(23)15(9-10-16(19)20)22-18(2,3)4;1-14(2,3)16-11(8-9-4-5-9)12(17)13(18)15-10-6-7-10;1-13(2,3)17-9(6-7-10(14)15)11(18)12(19)16-8-4-5-8/h5-8,15-16,22H,9-12H2,1-4H3,(H,21,23);9-11,16H,4-8H2,1-3H3,(H,15,18);8-10,17H,4-7H2,1-3H3,(H,16,19). The number of aryl methyl sites for hydroxylation is 1. The topological polar surface area (TPSA) is 158 Å². The van der Waals surface area contributed by atoms with E-state index >= 15 is 0 Å². The molecule has 3 saturated carbocycles. The van der Waals surface area contributed by atoms with Crippen molar-refractivity contribution in [2.75, 3.05) is 6.54 Å². The Balaban J connectivity index is 0.000000313. The minimum Gasteiger partial charge on any atom is -0.354 e. The molecule has 0 bridgehead atoms. The summed E-state index contributed by atoms with van der Waals surface area (Å²) in [6.45, 7) is 19.8. The molecule has 1 aromatic rings. The van der Waals surface area contributed by atoms with Gasteiger partial charge in [-0.15, -0.1) is 0 Å². The van der Waals surface area contributed by atoms with Gasteiger partial charge < -0.3 is 31.9 Å². The van der Waals surface area contributed by atoms with E-state index in [0.717, 1.165) is 44.1 Å². The Morgan fingerprint density at radius 3 is 1.38 bits per heavy atom. The lowest BCUT2D eigenvalue weighted by Gasteiger charge is -2.28. The summed E-state index contributed by atoms with van der Waals surface area (Å²) in [7, 11) is 0. The van der Waals surface area contributed by atoms with Crippen molar-refractivity contribution in [2.24, 2.45) is 5.92 Å². The number of halogens is 4. The summed E-state index contributed by atoms with van der Waals surface area (Å²) < 4.78 is 49.4. The van der Waals surface area contributed by atoms with E-state index in [4.69, 9.17) is 0 Å². The van der Waals surface area contributed by atoms with E-state index in [1.807, 2.05) is 93.5 Å². The molecule has 3 aliphatic carbocycles. The number of amides is 3. The van der Waals surface area contributed by atoms with Gasteiger partial charge in [0.25, 0.3) is 11.8 Å². The largest absolute Gasteiger partial charge is 0.354 e. The van der Waals surface area contributed by atoms with E-state index < -0.39 is 54.5 Å². The molecule has 0 spiro atoms. The molecule has 342 valence electrons. The van der Waals surface area contributed by atoms with Crippen LogP contribution in [0.15, 0.2) is 24.3 Å². The predicted octanol–water partition coefficient (Wildman–Crippen LogP) is 6.48. The van der Waals surface area contributed by atoms with E-state index in [1.165, 1.54) is 18.4 Å². The van der Waals surface area contributed by atoms with E-state index in [1.54, 1.807) is 0 Å². The first kappa shape index (κ1) is 52.7. The fraction of sp³-hybridized carbons (Fsp3) is 0.756. The molecule has 0 aromatic heterocycles. The molecule has 3 amide bonds. The van der Waals surface area contributed by atoms with Crippen LogP contribution in [-0.4, -0.2) is 95.5 Å². The summed E-state index contributed by atoms with van der Waals surface area (Å²) in [5.41, 5.74) is 1.47. The summed E-state index contributed by atoms with van der Waals surface area (Å²) in [4.78, 5) is 59.9. The van der Waals surface area contributed by atoms with Crippen LogP contribution in [0.5, 0.6) is 0 Å². The number of ketones is 2. The van der Waals surface area contributed by atoms with Gasteiger partial charge in [0, 0.05) is 48.1 Å². The molecular formula is C45H74F4N6O5. The zero-order valence-corrected chi connectivity index (χ0v) is 37.7. The van der Waals surface area contributed by atoms with E-state index in [-0.39, 0.29) is 60.2 Å². The Morgan fingerprint density at radius 2 is 0.983 bits per heavy atom. The number of carbonyl (C=O) groups is 5. The molecular weight excluding hydrogens is 781 g/mol. The number of carbonyl (C=O) groups excluding carboxylic acids is 5. The van der Waals surface area contributed by atoms with Crippen molar-refractivity contribution in [3.8, 4) is 0 Å². The third kappa shape index (κ3) is 25.4. The highest BCUT2D eigenvalue weighted by atomic mass is 19.3. The van der Waals surface area contributed by atoms with Crippen LogP contribution in [0.1, 0.15) is 144 Å². The second kappa shape index (κ2) is 24.3. The van der Waals surface area contributed by atoms with Crippen LogP contribution < -0.4 is 31.9 Å². The molecule has 0 radical (unpaired) electrons. The first-order valence-electron chi connectivity index (χ1n) is 21.6. The van der Waals surface area contributed by atoms with Gasteiger partial charge in [-0.3, -0.25) is 24.0 Å². The minimum absolute atomic E-state index is 0.0359. The molecule has 3 fully saturated rings. The summed E-state index contributed by atoms with van der Waals surface area (Å²) in [5.74, 6) is -1.60. The zero-order valence-electron chi connectivity index (χ0n) is 37.7. The van der Waals surface area contributed by atoms with Crippen molar-refractivity contribution in [1.82, 2.24) is 31.9 Å². The van der Waals surface area contributed by atoms with Gasteiger partial charge in [0.1, 0.15) is 0 Å². The van der Waals surface area contributed by atoms with Crippen molar-refractivity contribution in [1.29, 1.82) is 0 Å². The van der Waals surface area contributed by atoms with Gasteiger partial charge in [-0.05, 0) is 132 Å². The molecule has 1 aromatic carbocycles. The molecule has 0 heterocycles. The Hall–Kier alpha value is -3.43. The molecule has 3 aliphatic rings. The van der Waals surface area contributed by atoms with Gasteiger partial charge in [-0.2, -0.15) is 0 Å². The van der Waals surface area contributed by atoms with Crippen molar-refractivity contribution >= 4 is 29.3 Å². The van der Waals surface area contributed by atoms with Crippen molar-refractivity contribution < 1.29 is 41.5 Å². The van der Waals surface area contributed by atoms with Crippen LogP contribution >= 0.6 is 0 Å².